The molecule has 2 atom stereocenters. The van der Waals surface area contributed by atoms with Crippen molar-refractivity contribution in [1.29, 1.82) is 0 Å². The molecule has 0 unspecified atom stereocenters. The number of pyridine rings is 2. The second kappa shape index (κ2) is 16.1. The minimum Gasteiger partial charge on any atom is -0.438 e. The number of aromatic amines is 2. The highest BCUT2D eigenvalue weighted by Crippen LogP contribution is 2.33. The lowest BCUT2D eigenvalue weighted by Gasteiger charge is -2.11. The smallest absolute Gasteiger partial charge is 0.438 e. The number of rotatable bonds is 8. The van der Waals surface area contributed by atoms with Crippen molar-refractivity contribution in [1.82, 2.24) is 30.4 Å². The molecule has 0 saturated heterocycles. The van der Waals surface area contributed by atoms with Crippen LogP contribution in [0.25, 0.3) is 22.8 Å². The van der Waals surface area contributed by atoms with Crippen LogP contribution in [-0.2, 0) is 9.68 Å². The maximum absolute atomic E-state index is 12.2. The summed E-state index contributed by atoms with van der Waals surface area (Å²) in [6.07, 6.45) is -3.32. The monoisotopic (exact) mass is 780 g/mol. The number of H-pyrrole nitrogens is 2. The van der Waals surface area contributed by atoms with Crippen LogP contribution in [0.15, 0.2) is 120 Å². The second-order valence-corrected chi connectivity index (χ2v) is 11.7. The zero-order chi connectivity index (χ0) is 39.1. The zero-order valence-corrected chi connectivity index (χ0v) is 28.4. The molecule has 2 aliphatic heterocycles. The summed E-state index contributed by atoms with van der Waals surface area (Å²) in [5.41, 5.74) is 4.31. The van der Waals surface area contributed by atoms with E-state index >= 15 is 0 Å². The van der Waals surface area contributed by atoms with Gasteiger partial charge in [0, 0.05) is 12.4 Å². The molecule has 14 nitrogen and oxygen atoms in total. The van der Waals surface area contributed by atoms with Crippen molar-refractivity contribution < 1.29 is 55.0 Å². The Morgan fingerprint density at radius 1 is 0.518 bits per heavy atom. The predicted octanol–water partition coefficient (Wildman–Crippen LogP) is 8.45. The number of halogens is 6. The SMILES string of the molecule is FC(F)(F)Oc1ccc([C@@H]2CC(Oc3ccc(-c4ccn[nH]4)nc3)=NO2)cc1.FC(F)(F)Oc1ccc([C@H]2CC(Oc3ccc(-c4ccn[nH]4)nc3)=NO2)cc1. The number of hydrogen-bond acceptors (Lipinski definition) is 12. The fraction of sp³-hybridized carbons (Fsp3) is 0.167. The zero-order valence-electron chi connectivity index (χ0n) is 28.4. The lowest BCUT2D eigenvalue weighted by Crippen LogP contribution is -2.17. The van der Waals surface area contributed by atoms with Crippen molar-refractivity contribution in [3.63, 3.8) is 0 Å². The standard InChI is InChI=1S/2C18H13F3N4O3/c2*19-18(20,21)27-12-3-1-11(2-4-12)16-9-17(25-28-16)26-13-5-6-14(22-10-13)15-7-8-23-24-15/h2*1-8,10,16H,9H2,(H,23,24)/t2*16-/m10/s1. The van der Waals surface area contributed by atoms with Crippen LogP contribution in [0.3, 0.4) is 0 Å². The second-order valence-electron chi connectivity index (χ2n) is 11.7. The average molecular weight is 781 g/mol. The molecule has 6 aromatic rings. The summed E-state index contributed by atoms with van der Waals surface area (Å²) < 4.78 is 92.3. The van der Waals surface area contributed by atoms with Gasteiger partial charge >= 0.3 is 12.7 Å². The maximum atomic E-state index is 12.2. The Morgan fingerprint density at radius 3 is 1.23 bits per heavy atom. The van der Waals surface area contributed by atoms with E-state index in [-0.39, 0.29) is 11.5 Å². The Balaban J connectivity index is 0.000000172. The number of oxime groups is 2. The van der Waals surface area contributed by atoms with Gasteiger partial charge < -0.3 is 28.6 Å². The first-order valence-corrected chi connectivity index (χ1v) is 16.4. The summed E-state index contributed by atoms with van der Waals surface area (Å²) in [4.78, 5) is 19.2. The van der Waals surface area contributed by atoms with Crippen molar-refractivity contribution in [2.75, 3.05) is 0 Å². The summed E-state index contributed by atoms with van der Waals surface area (Å²) in [6.45, 7) is 0. The third kappa shape index (κ3) is 10.1. The van der Waals surface area contributed by atoms with Gasteiger partial charge in [-0.05, 0) is 71.8 Å². The highest BCUT2D eigenvalue weighted by molar-refractivity contribution is 5.80. The predicted molar refractivity (Wildman–Crippen MR) is 183 cm³/mol. The highest BCUT2D eigenvalue weighted by Gasteiger charge is 2.32. The van der Waals surface area contributed by atoms with Gasteiger partial charge in [0.1, 0.15) is 23.0 Å². The van der Waals surface area contributed by atoms with E-state index in [2.05, 4.69) is 50.1 Å². The molecular weight excluding hydrogens is 754 g/mol. The molecule has 6 heterocycles. The van der Waals surface area contributed by atoms with Crippen LogP contribution < -0.4 is 18.9 Å². The molecular formula is C36H26F6N8O6. The molecule has 4 aromatic heterocycles. The van der Waals surface area contributed by atoms with Crippen molar-refractivity contribution >= 4 is 11.8 Å². The fourth-order valence-electron chi connectivity index (χ4n) is 5.23. The molecule has 0 radical (unpaired) electrons. The first-order valence-electron chi connectivity index (χ1n) is 16.4. The van der Waals surface area contributed by atoms with E-state index in [1.165, 1.54) is 48.5 Å². The Hall–Kier alpha value is -7.12. The Labute approximate surface area is 311 Å². The van der Waals surface area contributed by atoms with Crippen molar-refractivity contribution in [3.05, 3.63) is 121 Å². The van der Waals surface area contributed by atoms with E-state index in [0.717, 1.165) is 11.4 Å². The van der Waals surface area contributed by atoms with E-state index in [9.17, 15) is 26.3 Å². The topological polar surface area (TPSA) is 163 Å². The summed E-state index contributed by atoms with van der Waals surface area (Å²) in [5.74, 6) is 1.07. The van der Waals surface area contributed by atoms with E-state index in [0.29, 0.717) is 58.7 Å². The average Bonchev–Trinajstić information content (AvgIpc) is 4.01. The van der Waals surface area contributed by atoms with Crippen LogP contribution >= 0.6 is 0 Å². The minimum atomic E-state index is -4.73. The van der Waals surface area contributed by atoms with Crippen molar-refractivity contribution in [3.8, 4) is 45.8 Å². The van der Waals surface area contributed by atoms with E-state index in [1.54, 1.807) is 61.2 Å². The summed E-state index contributed by atoms with van der Waals surface area (Å²) in [5, 5.41) is 21.1. The van der Waals surface area contributed by atoms with Crippen LogP contribution in [0.1, 0.15) is 36.2 Å². The largest absolute Gasteiger partial charge is 0.573 e. The molecule has 56 heavy (non-hydrogen) atoms. The number of benzene rings is 2. The first-order chi connectivity index (χ1) is 26.9. The number of ether oxygens (including phenoxy) is 4. The van der Waals surface area contributed by atoms with Gasteiger partial charge in [-0.3, -0.25) is 20.2 Å². The molecule has 8 rings (SSSR count). The van der Waals surface area contributed by atoms with Gasteiger partial charge in [-0.15, -0.1) is 26.3 Å². The van der Waals surface area contributed by atoms with Gasteiger partial charge in [0.05, 0.1) is 48.0 Å². The normalized spacial score (nSPS) is 16.4. The minimum absolute atomic E-state index is 0.296. The van der Waals surface area contributed by atoms with E-state index in [1.807, 2.05) is 0 Å². The lowest BCUT2D eigenvalue weighted by atomic mass is 10.1. The van der Waals surface area contributed by atoms with Crippen LogP contribution in [0, 0.1) is 0 Å². The molecule has 2 aliphatic rings. The number of nitrogens with zero attached hydrogens (tertiary/aromatic N) is 6. The molecule has 20 heteroatoms. The summed E-state index contributed by atoms with van der Waals surface area (Å²) in [7, 11) is 0. The molecule has 2 N–H and O–H groups in total. The first kappa shape index (κ1) is 37.2. The van der Waals surface area contributed by atoms with Crippen molar-refractivity contribution in [2.24, 2.45) is 10.3 Å². The third-order valence-corrected chi connectivity index (χ3v) is 7.75. The summed E-state index contributed by atoms with van der Waals surface area (Å²) >= 11 is 0. The molecule has 0 bridgehead atoms. The number of alkyl halides is 6. The van der Waals surface area contributed by atoms with Crippen LogP contribution in [0.5, 0.6) is 23.0 Å². The number of nitrogens with one attached hydrogen (secondary N) is 2. The molecule has 0 fully saturated rings. The van der Waals surface area contributed by atoms with Gasteiger partial charge in [0.25, 0.3) is 0 Å². The van der Waals surface area contributed by atoms with E-state index in [4.69, 9.17) is 19.1 Å². The fourth-order valence-corrected chi connectivity index (χ4v) is 5.23. The molecule has 0 saturated carbocycles. The Kier molecular flexibility index (Phi) is 10.7. The lowest BCUT2D eigenvalue weighted by molar-refractivity contribution is -0.275. The van der Waals surface area contributed by atoms with Crippen molar-refractivity contribution in [2.45, 2.75) is 37.8 Å². The highest BCUT2D eigenvalue weighted by atomic mass is 19.4. The number of aromatic nitrogens is 6. The molecule has 0 amide bonds. The quantitative estimate of drug-likeness (QED) is 0.143. The third-order valence-electron chi connectivity index (χ3n) is 7.75. The van der Waals surface area contributed by atoms with Gasteiger partial charge in [0.15, 0.2) is 12.2 Å². The van der Waals surface area contributed by atoms with Gasteiger partial charge in [-0.1, -0.05) is 34.6 Å². The Morgan fingerprint density at radius 2 is 0.911 bits per heavy atom. The van der Waals surface area contributed by atoms with Crippen LogP contribution in [0.2, 0.25) is 0 Å². The Bertz CT molecular complexity index is 2070. The van der Waals surface area contributed by atoms with E-state index < -0.39 is 24.9 Å². The maximum Gasteiger partial charge on any atom is 0.573 e. The summed E-state index contributed by atoms with van der Waals surface area (Å²) in [6, 6.07) is 21.5. The van der Waals surface area contributed by atoms with Gasteiger partial charge in [-0.25, -0.2) is 0 Å². The van der Waals surface area contributed by atoms with Crippen LogP contribution in [0.4, 0.5) is 26.3 Å². The molecule has 288 valence electrons. The van der Waals surface area contributed by atoms with Gasteiger partial charge in [-0.2, -0.15) is 10.2 Å². The molecule has 0 aliphatic carbocycles. The molecule has 0 spiro atoms. The number of hydrogen-bond donors (Lipinski definition) is 2. The van der Waals surface area contributed by atoms with Gasteiger partial charge in [0.2, 0.25) is 11.8 Å². The molecule has 2 aromatic carbocycles. The van der Waals surface area contributed by atoms with Crippen LogP contribution in [-0.4, -0.2) is 54.9 Å².